The molecule has 0 spiro atoms. The highest BCUT2D eigenvalue weighted by atomic mass is 16.3. The van der Waals surface area contributed by atoms with E-state index in [1.165, 1.54) is 77.0 Å². The van der Waals surface area contributed by atoms with Gasteiger partial charge >= 0.3 is 0 Å². The molecule has 1 aliphatic heterocycles. The maximum absolute atomic E-state index is 13.6. The van der Waals surface area contributed by atoms with Crippen molar-refractivity contribution < 1.29 is 4.42 Å². The molecule has 0 amide bonds. The second kappa shape index (κ2) is 17.1. The first-order valence-electron chi connectivity index (χ1n) is 27.1. The molecule has 0 N–H and O–H groups in total. The fourth-order valence-electron chi connectivity index (χ4n) is 13.1. The lowest BCUT2D eigenvalue weighted by Gasteiger charge is -2.43. The number of hydrogen-bond acceptors (Lipinski definition) is 3. The van der Waals surface area contributed by atoms with Crippen molar-refractivity contribution in [2.24, 2.45) is 0 Å². The van der Waals surface area contributed by atoms with Crippen LogP contribution >= 0.6 is 0 Å². The summed E-state index contributed by atoms with van der Waals surface area (Å²) in [5.41, 5.74) is 20.3. The number of anilines is 3. The SMILES string of the molecule is CC1(C)c2cc(-c3ccc4c(c3)c3ccccc3n4-c3ccccc3)ccc2N(c2ccc(-c3ccc4c(=O)c5ccccc5oc4c3)c3ccccc23)c2ccc(-c3ccc4c(c3)c3ccccc3n4-c3ccccc3)cc21. The standard InChI is InChI=1S/C74H49N3O2/c1-74(2)62-43-48(46-30-36-67-60(41-46)56-23-11-14-26-64(56)75(67)51-17-5-3-6-18-51)32-38-69(62)77(66-40-35-53(54-21-9-10-22-55(54)66)50-29-34-59-72(45-50)79-71-28-16-13-25-58(71)73(59)78)70-39-33-49(44-63(70)74)47-31-37-68-61(42-47)57-24-12-15-27-65(57)76(68)52-19-7-4-8-20-52/h3-45H,1-2H3. The third-order valence-corrected chi connectivity index (χ3v) is 16.9. The average Bonchev–Trinajstić information content (AvgIpc) is 4.19. The van der Waals surface area contributed by atoms with Crippen LogP contribution in [0.5, 0.6) is 0 Å². The Labute approximate surface area is 455 Å². The van der Waals surface area contributed by atoms with Crippen molar-refractivity contribution >= 4 is 93.4 Å². The molecule has 1 aliphatic rings. The van der Waals surface area contributed by atoms with E-state index in [0.29, 0.717) is 21.9 Å². The Bertz CT molecular complexity index is 4870. The monoisotopic (exact) mass is 1010 g/mol. The normalized spacial score (nSPS) is 13.1. The van der Waals surface area contributed by atoms with E-state index in [2.05, 4.69) is 252 Å². The fourth-order valence-corrected chi connectivity index (χ4v) is 13.1. The van der Waals surface area contributed by atoms with E-state index in [0.717, 1.165) is 50.3 Å². The van der Waals surface area contributed by atoms with Crippen molar-refractivity contribution in [3.8, 4) is 44.8 Å². The molecule has 0 saturated carbocycles. The molecule has 4 heterocycles. The van der Waals surface area contributed by atoms with Crippen LogP contribution < -0.4 is 10.3 Å². The Morgan fingerprint density at radius 1 is 0.316 bits per heavy atom. The molecule has 5 heteroatoms. The van der Waals surface area contributed by atoms with Crippen LogP contribution in [0.2, 0.25) is 0 Å². The average molecular weight is 1010 g/mol. The molecule has 16 rings (SSSR count). The molecule has 0 fully saturated rings. The van der Waals surface area contributed by atoms with Crippen LogP contribution in [-0.4, -0.2) is 9.13 Å². The van der Waals surface area contributed by atoms with Crippen LogP contribution in [0.4, 0.5) is 17.1 Å². The summed E-state index contributed by atoms with van der Waals surface area (Å²) in [6, 6.07) is 93.7. The van der Waals surface area contributed by atoms with Gasteiger partial charge in [-0.1, -0.05) is 159 Å². The largest absolute Gasteiger partial charge is 0.456 e. The zero-order valence-electron chi connectivity index (χ0n) is 43.5. The Hall–Kier alpha value is -10.2. The summed E-state index contributed by atoms with van der Waals surface area (Å²) in [6.45, 7) is 4.79. The molecule has 0 aliphatic carbocycles. The molecule has 0 atom stereocenters. The highest BCUT2D eigenvalue weighted by Gasteiger charge is 2.38. The zero-order valence-corrected chi connectivity index (χ0v) is 43.5. The highest BCUT2D eigenvalue weighted by molar-refractivity contribution is 6.13. The molecular formula is C74H49N3O2. The van der Waals surface area contributed by atoms with E-state index in [9.17, 15) is 4.79 Å². The van der Waals surface area contributed by atoms with Crippen molar-refractivity contribution in [1.82, 2.24) is 9.13 Å². The number of fused-ring (bicyclic) bond motifs is 11. The van der Waals surface area contributed by atoms with E-state index < -0.39 is 5.41 Å². The molecule has 0 saturated heterocycles. The summed E-state index contributed by atoms with van der Waals surface area (Å²) in [5.74, 6) is 0. The van der Waals surface area contributed by atoms with E-state index >= 15 is 0 Å². The van der Waals surface area contributed by atoms with E-state index in [4.69, 9.17) is 4.42 Å². The minimum absolute atomic E-state index is 0.0207. The predicted octanol–water partition coefficient (Wildman–Crippen LogP) is 19.4. The van der Waals surface area contributed by atoms with E-state index in [1.807, 2.05) is 36.4 Å². The summed E-state index contributed by atoms with van der Waals surface area (Å²) in [5, 5.41) is 8.29. The molecule has 0 unspecified atom stereocenters. The number of para-hydroxylation sites is 5. The van der Waals surface area contributed by atoms with Crippen LogP contribution in [-0.2, 0) is 5.41 Å². The van der Waals surface area contributed by atoms with Gasteiger partial charge in [-0.3, -0.25) is 4.79 Å². The van der Waals surface area contributed by atoms with Crippen molar-refractivity contribution in [3.63, 3.8) is 0 Å². The van der Waals surface area contributed by atoms with Gasteiger partial charge in [-0.15, -0.1) is 0 Å². The number of rotatable bonds is 6. The maximum Gasteiger partial charge on any atom is 0.200 e. The minimum atomic E-state index is -0.414. The zero-order chi connectivity index (χ0) is 52.5. The summed E-state index contributed by atoms with van der Waals surface area (Å²) in [4.78, 5) is 16.1. The van der Waals surface area contributed by atoms with Gasteiger partial charge in [0.05, 0.1) is 49.9 Å². The van der Waals surface area contributed by atoms with Gasteiger partial charge in [0.1, 0.15) is 11.2 Å². The lowest BCUT2D eigenvalue weighted by atomic mass is 9.72. The van der Waals surface area contributed by atoms with Crippen LogP contribution in [0.25, 0.3) is 121 Å². The molecule has 79 heavy (non-hydrogen) atoms. The van der Waals surface area contributed by atoms with Gasteiger partial charge in [0.15, 0.2) is 0 Å². The molecule has 12 aromatic carbocycles. The summed E-state index contributed by atoms with van der Waals surface area (Å²) in [7, 11) is 0. The molecule has 0 bridgehead atoms. The van der Waals surface area contributed by atoms with Crippen LogP contribution in [0, 0.1) is 0 Å². The Morgan fingerprint density at radius 2 is 0.747 bits per heavy atom. The quantitative estimate of drug-likeness (QED) is 0.156. The van der Waals surface area contributed by atoms with Crippen molar-refractivity contribution in [2.75, 3.05) is 4.90 Å². The Morgan fingerprint density at radius 3 is 1.33 bits per heavy atom. The van der Waals surface area contributed by atoms with Crippen molar-refractivity contribution in [1.29, 1.82) is 0 Å². The van der Waals surface area contributed by atoms with Crippen LogP contribution in [0.1, 0.15) is 25.0 Å². The van der Waals surface area contributed by atoms with Gasteiger partial charge < -0.3 is 18.5 Å². The third-order valence-electron chi connectivity index (χ3n) is 16.9. The first kappa shape index (κ1) is 45.0. The second-order valence-electron chi connectivity index (χ2n) is 21.6. The Balaban J connectivity index is 0.886. The molecule has 0 radical (unpaired) electrons. The molecular weight excluding hydrogens is 963 g/mol. The van der Waals surface area contributed by atoms with Crippen LogP contribution in [0.3, 0.4) is 0 Å². The molecule has 3 aromatic heterocycles. The molecule has 15 aromatic rings. The highest BCUT2D eigenvalue weighted by Crippen LogP contribution is 2.55. The van der Waals surface area contributed by atoms with Crippen molar-refractivity contribution in [3.05, 3.63) is 282 Å². The van der Waals surface area contributed by atoms with Crippen LogP contribution in [0.15, 0.2) is 270 Å². The predicted molar refractivity (Wildman–Crippen MR) is 329 cm³/mol. The van der Waals surface area contributed by atoms with Gasteiger partial charge in [-0.25, -0.2) is 0 Å². The van der Waals surface area contributed by atoms with E-state index in [-0.39, 0.29) is 5.43 Å². The Kier molecular flexibility index (Phi) is 9.76. The summed E-state index contributed by atoms with van der Waals surface area (Å²) in [6.07, 6.45) is 0. The van der Waals surface area contributed by atoms with Crippen molar-refractivity contribution in [2.45, 2.75) is 19.3 Å². The number of aromatic nitrogens is 2. The first-order chi connectivity index (χ1) is 38.9. The number of benzene rings is 12. The molecule has 5 nitrogen and oxygen atoms in total. The second-order valence-corrected chi connectivity index (χ2v) is 21.6. The van der Waals surface area contributed by atoms with E-state index in [1.54, 1.807) is 0 Å². The third kappa shape index (κ3) is 6.79. The summed E-state index contributed by atoms with van der Waals surface area (Å²) >= 11 is 0. The van der Waals surface area contributed by atoms with Gasteiger partial charge in [0.25, 0.3) is 0 Å². The number of hydrogen-bond donors (Lipinski definition) is 0. The molecule has 372 valence electrons. The van der Waals surface area contributed by atoms with Gasteiger partial charge in [-0.2, -0.15) is 0 Å². The topological polar surface area (TPSA) is 43.3 Å². The lowest BCUT2D eigenvalue weighted by molar-refractivity contribution is 0.632. The maximum atomic E-state index is 13.6. The van der Waals surface area contributed by atoms with Gasteiger partial charge in [-0.05, 0) is 165 Å². The number of nitrogens with zero attached hydrogens (tertiary/aromatic N) is 3. The van der Waals surface area contributed by atoms with Gasteiger partial charge in [0, 0.05) is 43.7 Å². The fraction of sp³-hybridized carbons (Fsp3) is 0.0405. The van der Waals surface area contributed by atoms with Gasteiger partial charge in [0.2, 0.25) is 5.43 Å². The minimum Gasteiger partial charge on any atom is -0.456 e. The lowest BCUT2D eigenvalue weighted by Crippen LogP contribution is -2.31. The summed E-state index contributed by atoms with van der Waals surface area (Å²) < 4.78 is 11.2. The smallest absolute Gasteiger partial charge is 0.200 e. The first-order valence-corrected chi connectivity index (χ1v) is 27.1.